The molecule has 2 heterocycles. The summed E-state index contributed by atoms with van der Waals surface area (Å²) in [5.74, 6) is 0.141. The molecule has 0 N–H and O–H groups in total. The monoisotopic (exact) mass is 352 g/mol. The average molecular weight is 352 g/mol. The van der Waals surface area contributed by atoms with E-state index in [9.17, 15) is 13.2 Å². The molecule has 3 rings (SSSR count). The number of nitrogens with zero attached hydrogens (tertiary/aromatic N) is 2. The molecule has 0 unspecified atom stereocenters. The Balaban J connectivity index is 2.01. The maximum absolute atomic E-state index is 12.0. The third kappa shape index (κ3) is 3.30. The third-order valence-corrected chi connectivity index (χ3v) is 7.34. The number of hydrogen-bond donors (Lipinski definition) is 0. The van der Waals surface area contributed by atoms with Crippen LogP contribution in [0.5, 0.6) is 0 Å². The van der Waals surface area contributed by atoms with E-state index in [1.54, 1.807) is 0 Å². The zero-order chi connectivity index (χ0) is 16.6. The summed E-state index contributed by atoms with van der Waals surface area (Å²) in [6, 6.07) is 7.68. The van der Waals surface area contributed by atoms with Gasteiger partial charge < -0.3 is 4.90 Å². The van der Waals surface area contributed by atoms with E-state index in [1.165, 1.54) is 11.8 Å². The van der Waals surface area contributed by atoms with Gasteiger partial charge >= 0.3 is 0 Å². The first-order valence-corrected chi connectivity index (χ1v) is 10.4. The normalized spacial score (nSPS) is 27.4. The van der Waals surface area contributed by atoms with Gasteiger partial charge in [-0.25, -0.2) is 8.42 Å². The number of amides is 1. The van der Waals surface area contributed by atoms with E-state index in [0.29, 0.717) is 11.6 Å². The van der Waals surface area contributed by atoms with E-state index in [-0.39, 0.29) is 28.7 Å². The van der Waals surface area contributed by atoms with E-state index in [0.717, 1.165) is 17.7 Å². The Kier molecular flexibility index (Phi) is 4.51. The van der Waals surface area contributed by atoms with Crippen molar-refractivity contribution < 1.29 is 13.2 Å². The molecule has 2 saturated heterocycles. The van der Waals surface area contributed by atoms with Crippen molar-refractivity contribution in [3.05, 3.63) is 29.8 Å². The second-order valence-corrected chi connectivity index (χ2v) is 9.36. The summed E-state index contributed by atoms with van der Waals surface area (Å²) in [5.41, 5.74) is 1.99. The molecule has 2 atom stereocenters. The molecule has 1 aromatic rings. The van der Waals surface area contributed by atoms with Gasteiger partial charge in [0.2, 0.25) is 5.91 Å². The minimum atomic E-state index is -3.02. The summed E-state index contributed by atoms with van der Waals surface area (Å²) in [5, 5.41) is 0.593. The van der Waals surface area contributed by atoms with Gasteiger partial charge in [0.1, 0.15) is 0 Å². The lowest BCUT2D eigenvalue weighted by Gasteiger charge is -2.26. The van der Waals surface area contributed by atoms with Crippen LogP contribution in [0.3, 0.4) is 0 Å². The van der Waals surface area contributed by atoms with Crippen LogP contribution < -0.4 is 4.90 Å². The molecule has 1 amide bonds. The van der Waals surface area contributed by atoms with Crippen LogP contribution in [0, 0.1) is 6.92 Å². The first-order chi connectivity index (χ1) is 10.9. The Morgan fingerprint density at radius 2 is 2.09 bits per heavy atom. The molecule has 0 aliphatic carbocycles. The van der Waals surface area contributed by atoms with Gasteiger partial charge in [0, 0.05) is 17.4 Å². The SMILES string of the molecule is CCCC(=O)N=C1S[C@H]2CS(=O)(=O)C[C@H]2N1c1ccccc1C. The average Bonchev–Trinajstić information content (AvgIpc) is 2.91. The Hall–Kier alpha value is -1.34. The standard InChI is InChI=1S/C16H20N2O3S2/c1-3-6-15(19)17-16-18(12-8-5-4-7-11(12)2)13-9-23(20,21)10-14(13)22-16/h4-5,7-8,13-14H,3,6,9-10H2,1-2H3/t13-,14+/m1/s1. The molecule has 23 heavy (non-hydrogen) atoms. The number of aryl methyl sites for hydroxylation is 1. The van der Waals surface area contributed by atoms with E-state index >= 15 is 0 Å². The minimum absolute atomic E-state index is 0.0483. The Morgan fingerprint density at radius 3 is 2.78 bits per heavy atom. The molecule has 0 spiro atoms. The summed E-state index contributed by atoms with van der Waals surface area (Å²) in [7, 11) is -3.02. The van der Waals surface area contributed by atoms with Crippen LogP contribution in [0.4, 0.5) is 5.69 Å². The van der Waals surface area contributed by atoms with Gasteiger partial charge in [-0.2, -0.15) is 4.99 Å². The highest BCUT2D eigenvalue weighted by Gasteiger charge is 2.49. The van der Waals surface area contributed by atoms with Gasteiger partial charge in [-0.3, -0.25) is 4.79 Å². The van der Waals surface area contributed by atoms with Crippen molar-refractivity contribution in [3.8, 4) is 0 Å². The maximum atomic E-state index is 12.0. The lowest BCUT2D eigenvalue weighted by molar-refractivity contribution is -0.117. The molecule has 1 aromatic carbocycles. The number of aliphatic imine (C=N–C) groups is 1. The van der Waals surface area contributed by atoms with Crippen LogP contribution >= 0.6 is 11.8 Å². The topological polar surface area (TPSA) is 66.8 Å². The molecule has 124 valence electrons. The second kappa shape index (κ2) is 6.28. The van der Waals surface area contributed by atoms with Crippen molar-refractivity contribution in [2.45, 2.75) is 38.0 Å². The number of thioether (sulfide) groups is 1. The number of sulfone groups is 1. The summed E-state index contributed by atoms with van der Waals surface area (Å²) < 4.78 is 24.0. The molecule has 2 aliphatic rings. The first kappa shape index (κ1) is 16.5. The predicted molar refractivity (Wildman–Crippen MR) is 94.8 cm³/mol. The molecule has 7 heteroatoms. The number of fused-ring (bicyclic) bond motifs is 1. The van der Waals surface area contributed by atoms with E-state index < -0.39 is 9.84 Å². The summed E-state index contributed by atoms with van der Waals surface area (Å²) in [6.45, 7) is 3.93. The minimum Gasteiger partial charge on any atom is -0.315 e. The van der Waals surface area contributed by atoms with Gasteiger partial charge in [0.25, 0.3) is 0 Å². The summed E-state index contributed by atoms with van der Waals surface area (Å²) >= 11 is 1.43. The van der Waals surface area contributed by atoms with Crippen molar-refractivity contribution in [3.63, 3.8) is 0 Å². The Bertz CT molecular complexity index is 758. The quantitative estimate of drug-likeness (QED) is 0.836. The molecule has 0 saturated carbocycles. The van der Waals surface area contributed by atoms with Crippen molar-refractivity contribution in [2.24, 2.45) is 4.99 Å². The van der Waals surface area contributed by atoms with Gasteiger partial charge in [0.15, 0.2) is 15.0 Å². The smallest absolute Gasteiger partial charge is 0.248 e. The number of rotatable bonds is 3. The van der Waals surface area contributed by atoms with Crippen molar-refractivity contribution >= 4 is 38.4 Å². The number of carbonyl (C=O) groups is 1. The largest absolute Gasteiger partial charge is 0.315 e. The van der Waals surface area contributed by atoms with E-state index in [1.807, 2.05) is 43.0 Å². The second-order valence-electron chi connectivity index (χ2n) is 6.00. The van der Waals surface area contributed by atoms with E-state index in [4.69, 9.17) is 0 Å². The molecule has 0 bridgehead atoms. The highest BCUT2D eigenvalue weighted by molar-refractivity contribution is 8.16. The first-order valence-electron chi connectivity index (χ1n) is 7.75. The van der Waals surface area contributed by atoms with Crippen LogP contribution in [-0.4, -0.2) is 42.3 Å². The summed E-state index contributed by atoms with van der Waals surface area (Å²) in [6.07, 6.45) is 1.17. The highest BCUT2D eigenvalue weighted by Crippen LogP contribution is 2.41. The Labute approximate surface area is 141 Å². The molecular formula is C16H20N2O3S2. The van der Waals surface area contributed by atoms with Crippen LogP contribution in [0.15, 0.2) is 29.3 Å². The Morgan fingerprint density at radius 1 is 1.35 bits per heavy atom. The fourth-order valence-corrected chi connectivity index (χ4v) is 6.98. The lowest BCUT2D eigenvalue weighted by atomic mass is 10.1. The molecular weight excluding hydrogens is 332 g/mol. The van der Waals surface area contributed by atoms with E-state index in [2.05, 4.69) is 4.99 Å². The van der Waals surface area contributed by atoms with Crippen LogP contribution in [0.1, 0.15) is 25.3 Å². The molecule has 0 aromatic heterocycles. The highest BCUT2D eigenvalue weighted by atomic mass is 32.2. The van der Waals surface area contributed by atoms with Crippen molar-refractivity contribution in [1.29, 1.82) is 0 Å². The number of benzene rings is 1. The van der Waals surface area contributed by atoms with Crippen LogP contribution in [0.25, 0.3) is 0 Å². The number of carbonyl (C=O) groups excluding carboxylic acids is 1. The molecule has 0 radical (unpaired) electrons. The number of para-hydroxylation sites is 1. The van der Waals surface area contributed by atoms with Gasteiger partial charge in [-0.1, -0.05) is 36.9 Å². The number of amidine groups is 1. The zero-order valence-corrected chi connectivity index (χ0v) is 14.9. The van der Waals surface area contributed by atoms with Crippen LogP contribution in [-0.2, 0) is 14.6 Å². The lowest BCUT2D eigenvalue weighted by Crippen LogP contribution is -2.38. The number of hydrogen-bond acceptors (Lipinski definition) is 4. The van der Waals surface area contributed by atoms with Crippen molar-refractivity contribution in [1.82, 2.24) is 0 Å². The van der Waals surface area contributed by atoms with Gasteiger partial charge in [0.05, 0.1) is 17.5 Å². The molecule has 2 aliphatic heterocycles. The van der Waals surface area contributed by atoms with Crippen LogP contribution in [0.2, 0.25) is 0 Å². The summed E-state index contributed by atoms with van der Waals surface area (Å²) in [4.78, 5) is 18.2. The maximum Gasteiger partial charge on any atom is 0.248 e. The predicted octanol–water partition coefficient (Wildman–Crippen LogP) is 2.40. The van der Waals surface area contributed by atoms with Crippen molar-refractivity contribution in [2.75, 3.05) is 16.4 Å². The molecule has 2 fully saturated rings. The number of anilines is 1. The van der Waals surface area contributed by atoms with Gasteiger partial charge in [-0.15, -0.1) is 0 Å². The zero-order valence-electron chi connectivity index (χ0n) is 13.2. The fraction of sp³-hybridized carbons (Fsp3) is 0.500. The molecule has 5 nitrogen and oxygen atoms in total. The van der Waals surface area contributed by atoms with Gasteiger partial charge in [-0.05, 0) is 25.0 Å². The fourth-order valence-electron chi connectivity index (χ4n) is 3.06. The third-order valence-electron chi connectivity index (χ3n) is 4.13.